The number of hydrogen-bond donors (Lipinski definition) is 0. The fraction of sp³-hybridized carbons (Fsp3) is 0.333. The summed E-state index contributed by atoms with van der Waals surface area (Å²) in [5.41, 5.74) is 1.22. The van der Waals surface area contributed by atoms with Crippen LogP contribution in [0.1, 0.15) is 18.2 Å². The van der Waals surface area contributed by atoms with Crippen molar-refractivity contribution in [2.45, 2.75) is 13.5 Å². The van der Waals surface area contributed by atoms with Crippen molar-refractivity contribution in [2.75, 3.05) is 25.1 Å². The Bertz CT molecular complexity index is 502. The van der Waals surface area contributed by atoms with Gasteiger partial charge in [-0.05, 0) is 35.4 Å². The van der Waals surface area contributed by atoms with Crippen LogP contribution in [0.5, 0.6) is 0 Å². The number of hydrogen-bond acceptors (Lipinski definition) is 4. The van der Waals surface area contributed by atoms with E-state index in [1.807, 2.05) is 25.3 Å². The molecule has 2 rings (SSSR count). The molecule has 0 aliphatic carbocycles. The maximum Gasteiger partial charge on any atom is 0.195 e. The monoisotopic (exact) mass is 277 g/mol. The molecule has 0 saturated carbocycles. The van der Waals surface area contributed by atoms with Crippen molar-refractivity contribution in [3.8, 4) is 0 Å². The third kappa shape index (κ3) is 4.26. The highest BCUT2D eigenvalue weighted by atomic mass is 32.1. The molecule has 0 amide bonds. The molecule has 2 aromatic rings. The van der Waals surface area contributed by atoms with Crippen LogP contribution in [-0.2, 0) is 11.3 Å². The maximum absolute atomic E-state index is 5.67. The van der Waals surface area contributed by atoms with Crippen molar-refractivity contribution in [2.24, 2.45) is 0 Å². The normalized spacial score (nSPS) is 11.3. The summed E-state index contributed by atoms with van der Waals surface area (Å²) in [6.07, 6.45) is 4.08. The van der Waals surface area contributed by atoms with Crippen LogP contribution in [0.15, 0.2) is 39.5 Å². The molecule has 4 heteroatoms. The first-order valence-corrected chi connectivity index (χ1v) is 7.30. The first kappa shape index (κ1) is 13.9. The van der Waals surface area contributed by atoms with E-state index < -0.39 is 0 Å². The molecule has 0 fully saturated rings. The van der Waals surface area contributed by atoms with E-state index >= 15 is 0 Å². The van der Waals surface area contributed by atoms with E-state index in [0.717, 1.165) is 18.2 Å². The molecule has 0 aliphatic rings. The van der Waals surface area contributed by atoms with E-state index in [1.54, 1.807) is 11.3 Å². The molecule has 0 spiro atoms. The Kier molecular flexibility index (Phi) is 5.24. The van der Waals surface area contributed by atoms with Gasteiger partial charge in [0, 0.05) is 19.7 Å². The Morgan fingerprint density at radius 2 is 2.26 bits per heavy atom. The van der Waals surface area contributed by atoms with Crippen LogP contribution in [0.4, 0.5) is 5.88 Å². The molecule has 3 nitrogen and oxygen atoms in total. The average Bonchev–Trinajstić information content (AvgIpc) is 3.08. The number of nitrogens with zero attached hydrogens (tertiary/aromatic N) is 1. The largest absolute Gasteiger partial charge is 0.443 e. The van der Waals surface area contributed by atoms with E-state index in [2.05, 4.69) is 34.7 Å². The minimum Gasteiger partial charge on any atom is -0.443 e. The Hall–Kier alpha value is -1.52. The second-order valence-corrected chi connectivity index (χ2v) is 5.01. The lowest BCUT2D eigenvalue weighted by Gasteiger charge is -2.11. The van der Waals surface area contributed by atoms with Gasteiger partial charge in [-0.1, -0.05) is 12.2 Å². The lowest BCUT2D eigenvalue weighted by molar-refractivity contribution is 0.132. The van der Waals surface area contributed by atoms with E-state index in [9.17, 15) is 0 Å². The predicted molar refractivity (Wildman–Crippen MR) is 80.7 cm³/mol. The molecule has 102 valence electrons. The molecule has 0 aliphatic heterocycles. The molecule has 0 bridgehead atoms. The molecular weight excluding hydrogens is 258 g/mol. The molecule has 0 aromatic carbocycles. The van der Waals surface area contributed by atoms with Crippen molar-refractivity contribution in [1.82, 2.24) is 0 Å². The highest BCUT2D eigenvalue weighted by molar-refractivity contribution is 7.08. The minimum atomic E-state index is 0.505. The smallest absolute Gasteiger partial charge is 0.195 e. The molecule has 2 heterocycles. The van der Waals surface area contributed by atoms with Gasteiger partial charge in [-0.3, -0.25) is 0 Å². The van der Waals surface area contributed by atoms with Gasteiger partial charge in [0.15, 0.2) is 5.88 Å². The Labute approximate surface area is 118 Å². The zero-order chi connectivity index (χ0) is 13.5. The van der Waals surface area contributed by atoms with Gasteiger partial charge in [-0.15, -0.1) is 0 Å². The van der Waals surface area contributed by atoms with Crippen molar-refractivity contribution in [3.63, 3.8) is 0 Å². The van der Waals surface area contributed by atoms with Gasteiger partial charge in [0.05, 0.1) is 6.61 Å². The summed E-state index contributed by atoms with van der Waals surface area (Å²) in [5.74, 6) is 1.74. The molecule has 19 heavy (non-hydrogen) atoms. The minimum absolute atomic E-state index is 0.505. The van der Waals surface area contributed by atoms with Crippen molar-refractivity contribution in [1.29, 1.82) is 0 Å². The Morgan fingerprint density at radius 3 is 3.00 bits per heavy atom. The summed E-state index contributed by atoms with van der Waals surface area (Å²) in [4.78, 5) is 2.06. The van der Waals surface area contributed by atoms with E-state index in [0.29, 0.717) is 13.2 Å². The van der Waals surface area contributed by atoms with Crippen molar-refractivity contribution in [3.05, 3.63) is 46.4 Å². The van der Waals surface area contributed by atoms with Crippen LogP contribution in [0.25, 0.3) is 6.08 Å². The Morgan fingerprint density at radius 1 is 1.37 bits per heavy atom. The quantitative estimate of drug-likeness (QED) is 0.715. The van der Waals surface area contributed by atoms with Crippen LogP contribution < -0.4 is 4.90 Å². The third-order valence-electron chi connectivity index (χ3n) is 2.81. The van der Waals surface area contributed by atoms with Gasteiger partial charge in [-0.2, -0.15) is 11.3 Å². The maximum atomic E-state index is 5.67. The number of furan rings is 1. The topological polar surface area (TPSA) is 25.6 Å². The summed E-state index contributed by atoms with van der Waals surface area (Å²) in [7, 11) is 2.01. The van der Waals surface area contributed by atoms with Crippen LogP contribution in [-0.4, -0.2) is 20.2 Å². The number of anilines is 1. The molecule has 0 N–H and O–H groups in total. The summed E-state index contributed by atoms with van der Waals surface area (Å²) in [5, 5.41) is 4.17. The zero-order valence-corrected chi connectivity index (χ0v) is 12.2. The number of ether oxygens (including phenoxy) is 1. The predicted octanol–water partition coefficient (Wildman–Crippen LogP) is 4.03. The molecule has 0 atom stereocenters. The number of rotatable bonds is 7. The lowest BCUT2D eigenvalue weighted by Crippen LogP contribution is -2.14. The van der Waals surface area contributed by atoms with Gasteiger partial charge in [0.1, 0.15) is 12.4 Å². The van der Waals surface area contributed by atoms with Crippen LogP contribution >= 0.6 is 11.3 Å². The van der Waals surface area contributed by atoms with Crippen LogP contribution in [0.2, 0.25) is 0 Å². The second kappa shape index (κ2) is 7.16. The highest BCUT2D eigenvalue weighted by Crippen LogP contribution is 2.17. The SMILES string of the molecule is CCN(C)c1ccc(COC/C=C/c2ccsc2)o1. The summed E-state index contributed by atoms with van der Waals surface area (Å²) in [6.45, 7) is 4.12. The third-order valence-corrected chi connectivity index (χ3v) is 3.51. The van der Waals surface area contributed by atoms with E-state index in [-0.39, 0.29) is 0 Å². The van der Waals surface area contributed by atoms with Gasteiger partial charge in [-0.25, -0.2) is 0 Å². The van der Waals surface area contributed by atoms with Gasteiger partial charge in [0.25, 0.3) is 0 Å². The molecule has 0 unspecified atom stereocenters. The van der Waals surface area contributed by atoms with E-state index in [1.165, 1.54) is 5.56 Å². The van der Waals surface area contributed by atoms with E-state index in [4.69, 9.17) is 9.15 Å². The van der Waals surface area contributed by atoms with Crippen LogP contribution in [0.3, 0.4) is 0 Å². The number of thiophene rings is 1. The first-order valence-electron chi connectivity index (χ1n) is 6.36. The van der Waals surface area contributed by atoms with Gasteiger partial charge >= 0.3 is 0 Å². The van der Waals surface area contributed by atoms with Gasteiger partial charge in [0.2, 0.25) is 0 Å². The lowest BCUT2D eigenvalue weighted by atomic mass is 10.3. The molecule has 0 saturated heterocycles. The van der Waals surface area contributed by atoms with Crippen molar-refractivity contribution >= 4 is 23.3 Å². The summed E-state index contributed by atoms with van der Waals surface area (Å²) >= 11 is 1.70. The Balaban J connectivity index is 1.72. The van der Waals surface area contributed by atoms with Crippen molar-refractivity contribution < 1.29 is 9.15 Å². The molecule has 0 radical (unpaired) electrons. The van der Waals surface area contributed by atoms with Gasteiger partial charge < -0.3 is 14.1 Å². The standard InChI is InChI=1S/C15H19NO2S/c1-3-16(2)15-7-6-14(18-15)11-17-9-4-5-13-8-10-19-12-13/h4-8,10,12H,3,9,11H2,1-2H3/b5-4+. The first-order chi connectivity index (χ1) is 9.29. The highest BCUT2D eigenvalue weighted by Gasteiger charge is 2.04. The second-order valence-electron chi connectivity index (χ2n) is 4.23. The summed E-state index contributed by atoms with van der Waals surface area (Å²) in [6, 6.07) is 6.02. The molecular formula is C15H19NO2S. The zero-order valence-electron chi connectivity index (χ0n) is 11.3. The van der Waals surface area contributed by atoms with Crippen LogP contribution in [0, 0.1) is 0 Å². The fourth-order valence-electron chi connectivity index (χ4n) is 1.59. The summed E-state index contributed by atoms with van der Waals surface area (Å²) < 4.78 is 11.2. The average molecular weight is 277 g/mol. The molecule has 2 aromatic heterocycles. The fourth-order valence-corrected chi connectivity index (χ4v) is 2.22.